The van der Waals surface area contributed by atoms with Gasteiger partial charge in [-0.05, 0) is 54.7 Å². The fraction of sp³-hybridized carbons (Fsp3) is 0.333. The predicted molar refractivity (Wildman–Crippen MR) is 109 cm³/mol. The van der Waals surface area contributed by atoms with E-state index in [4.69, 9.17) is 27.2 Å². The maximum absolute atomic E-state index is 12.2. The molecule has 0 saturated carbocycles. The Balaban J connectivity index is 1.71. The highest BCUT2D eigenvalue weighted by Gasteiger charge is 2.13. The summed E-state index contributed by atoms with van der Waals surface area (Å²) in [5.41, 5.74) is 7.98. The van der Waals surface area contributed by atoms with E-state index in [-0.39, 0.29) is 12.3 Å². The van der Waals surface area contributed by atoms with Gasteiger partial charge in [-0.3, -0.25) is 9.59 Å². The van der Waals surface area contributed by atoms with Gasteiger partial charge in [-0.1, -0.05) is 35.9 Å². The molecule has 0 aliphatic carbocycles. The van der Waals surface area contributed by atoms with Crippen LogP contribution in [0.25, 0.3) is 0 Å². The number of benzene rings is 2. The van der Waals surface area contributed by atoms with Crippen molar-refractivity contribution < 1.29 is 19.4 Å². The topological polar surface area (TPSA) is 102 Å². The standard InChI is InChI=1S/C21H25ClN2O4/c22-17-4-1-3-15(13-17)10-11-24-21(27)19(23)14-16-6-8-18(9-7-16)28-12-2-5-20(25)26/h1,3-4,6-9,13,19H,2,5,10-12,14,23H2,(H,24,27)(H,25,26)/t19-/m0/s1. The number of nitrogens with one attached hydrogen (secondary N) is 1. The zero-order valence-electron chi connectivity index (χ0n) is 15.6. The number of amides is 1. The van der Waals surface area contributed by atoms with Gasteiger partial charge < -0.3 is 20.9 Å². The molecule has 0 unspecified atom stereocenters. The zero-order chi connectivity index (χ0) is 20.4. The first-order chi connectivity index (χ1) is 13.4. The van der Waals surface area contributed by atoms with Gasteiger partial charge in [-0.2, -0.15) is 0 Å². The lowest BCUT2D eigenvalue weighted by Gasteiger charge is -2.13. The Hall–Kier alpha value is -2.57. The summed E-state index contributed by atoms with van der Waals surface area (Å²) in [6, 6.07) is 14.2. The number of carboxylic acid groups (broad SMARTS) is 1. The molecule has 2 rings (SSSR count). The minimum absolute atomic E-state index is 0.0827. The molecule has 150 valence electrons. The molecule has 0 spiro atoms. The van der Waals surface area contributed by atoms with E-state index in [1.54, 1.807) is 12.1 Å². The number of hydrogen-bond donors (Lipinski definition) is 3. The van der Waals surface area contributed by atoms with Gasteiger partial charge in [0.05, 0.1) is 12.6 Å². The number of aliphatic carboxylic acids is 1. The Morgan fingerprint density at radius 1 is 1.14 bits per heavy atom. The van der Waals surface area contributed by atoms with Crippen molar-refractivity contribution in [3.8, 4) is 5.75 Å². The van der Waals surface area contributed by atoms with Gasteiger partial charge in [0.1, 0.15) is 5.75 Å². The van der Waals surface area contributed by atoms with Crippen LogP contribution in [0.5, 0.6) is 5.75 Å². The van der Waals surface area contributed by atoms with E-state index >= 15 is 0 Å². The molecule has 0 aromatic heterocycles. The Morgan fingerprint density at radius 3 is 2.57 bits per heavy atom. The van der Waals surface area contributed by atoms with Crippen molar-refractivity contribution in [1.29, 1.82) is 0 Å². The van der Waals surface area contributed by atoms with Crippen LogP contribution >= 0.6 is 11.6 Å². The fourth-order valence-electron chi connectivity index (χ4n) is 2.64. The molecule has 0 aliphatic heterocycles. The number of ether oxygens (including phenoxy) is 1. The summed E-state index contributed by atoms with van der Waals surface area (Å²) in [5, 5.41) is 12.1. The number of hydrogen-bond acceptors (Lipinski definition) is 4. The van der Waals surface area contributed by atoms with E-state index < -0.39 is 12.0 Å². The van der Waals surface area contributed by atoms with E-state index in [2.05, 4.69) is 5.32 Å². The Bertz CT molecular complexity index is 780. The lowest BCUT2D eigenvalue weighted by molar-refractivity contribution is -0.137. The van der Waals surface area contributed by atoms with Crippen LogP contribution in [-0.2, 0) is 22.4 Å². The number of carbonyl (C=O) groups excluding carboxylic acids is 1. The van der Waals surface area contributed by atoms with Crippen LogP contribution in [0, 0.1) is 0 Å². The lowest BCUT2D eigenvalue weighted by atomic mass is 10.1. The maximum Gasteiger partial charge on any atom is 0.303 e. The quantitative estimate of drug-likeness (QED) is 0.500. The molecule has 0 bridgehead atoms. The van der Waals surface area contributed by atoms with Crippen LogP contribution in [0.4, 0.5) is 0 Å². The second-order valence-electron chi connectivity index (χ2n) is 6.47. The Kier molecular flexibility index (Phi) is 8.78. The van der Waals surface area contributed by atoms with Crippen molar-refractivity contribution in [2.75, 3.05) is 13.2 Å². The lowest BCUT2D eigenvalue weighted by Crippen LogP contribution is -2.42. The first kappa shape index (κ1) is 21.7. The highest BCUT2D eigenvalue weighted by atomic mass is 35.5. The van der Waals surface area contributed by atoms with Crippen molar-refractivity contribution in [3.63, 3.8) is 0 Å². The molecule has 0 heterocycles. The summed E-state index contributed by atoms with van der Waals surface area (Å²) >= 11 is 5.95. The summed E-state index contributed by atoms with van der Waals surface area (Å²) in [6.07, 6.45) is 1.64. The van der Waals surface area contributed by atoms with E-state index in [0.29, 0.717) is 43.2 Å². The second-order valence-corrected chi connectivity index (χ2v) is 6.91. The van der Waals surface area contributed by atoms with Gasteiger partial charge in [-0.25, -0.2) is 0 Å². The molecule has 1 atom stereocenters. The summed E-state index contributed by atoms with van der Waals surface area (Å²) in [6.45, 7) is 0.843. The molecular weight excluding hydrogens is 380 g/mol. The first-order valence-electron chi connectivity index (χ1n) is 9.15. The summed E-state index contributed by atoms with van der Waals surface area (Å²) in [7, 11) is 0. The van der Waals surface area contributed by atoms with Gasteiger partial charge in [0, 0.05) is 18.0 Å². The van der Waals surface area contributed by atoms with Crippen molar-refractivity contribution >= 4 is 23.5 Å². The van der Waals surface area contributed by atoms with Crippen LogP contribution in [0.3, 0.4) is 0 Å². The van der Waals surface area contributed by atoms with Gasteiger partial charge in [-0.15, -0.1) is 0 Å². The SMILES string of the molecule is N[C@@H](Cc1ccc(OCCCC(=O)O)cc1)C(=O)NCCc1cccc(Cl)c1. The number of halogens is 1. The van der Waals surface area contributed by atoms with Crippen molar-refractivity contribution in [2.24, 2.45) is 5.73 Å². The van der Waals surface area contributed by atoms with Crippen molar-refractivity contribution in [1.82, 2.24) is 5.32 Å². The van der Waals surface area contributed by atoms with Gasteiger partial charge in [0.25, 0.3) is 0 Å². The minimum atomic E-state index is -0.834. The van der Waals surface area contributed by atoms with E-state index in [9.17, 15) is 9.59 Å². The molecule has 2 aromatic carbocycles. The van der Waals surface area contributed by atoms with Crippen LogP contribution < -0.4 is 15.8 Å². The van der Waals surface area contributed by atoms with Crippen LogP contribution in [-0.4, -0.2) is 36.2 Å². The third kappa shape index (κ3) is 7.98. The predicted octanol–water partition coefficient (Wildman–Crippen LogP) is 2.81. The molecule has 4 N–H and O–H groups in total. The average molecular weight is 405 g/mol. The van der Waals surface area contributed by atoms with Crippen LogP contribution in [0.1, 0.15) is 24.0 Å². The van der Waals surface area contributed by atoms with Gasteiger partial charge in [0.2, 0.25) is 5.91 Å². The smallest absolute Gasteiger partial charge is 0.303 e. The highest BCUT2D eigenvalue weighted by Crippen LogP contribution is 2.14. The summed E-state index contributed by atoms with van der Waals surface area (Å²) in [4.78, 5) is 22.6. The number of carboxylic acids is 1. The third-order valence-electron chi connectivity index (χ3n) is 4.12. The van der Waals surface area contributed by atoms with Crippen molar-refractivity contribution in [3.05, 3.63) is 64.7 Å². The first-order valence-corrected chi connectivity index (χ1v) is 9.53. The van der Waals surface area contributed by atoms with Gasteiger partial charge in [0.15, 0.2) is 0 Å². The fourth-order valence-corrected chi connectivity index (χ4v) is 2.85. The molecule has 6 nitrogen and oxygen atoms in total. The summed E-state index contributed by atoms with van der Waals surface area (Å²) in [5.74, 6) is -0.372. The minimum Gasteiger partial charge on any atom is -0.494 e. The molecule has 1 amide bonds. The third-order valence-corrected chi connectivity index (χ3v) is 4.36. The molecule has 0 aliphatic rings. The molecular formula is C21H25ClN2O4. The number of rotatable bonds is 11. The second kappa shape index (κ2) is 11.3. The maximum atomic E-state index is 12.2. The average Bonchev–Trinajstić information content (AvgIpc) is 2.66. The summed E-state index contributed by atoms with van der Waals surface area (Å²) < 4.78 is 5.48. The molecule has 2 aromatic rings. The van der Waals surface area contributed by atoms with Gasteiger partial charge >= 0.3 is 5.97 Å². The largest absolute Gasteiger partial charge is 0.494 e. The highest BCUT2D eigenvalue weighted by molar-refractivity contribution is 6.30. The van der Waals surface area contributed by atoms with Crippen molar-refractivity contribution in [2.45, 2.75) is 31.7 Å². The number of carbonyl (C=O) groups is 2. The van der Waals surface area contributed by atoms with E-state index in [1.807, 2.05) is 36.4 Å². The molecule has 28 heavy (non-hydrogen) atoms. The molecule has 0 radical (unpaired) electrons. The van der Waals surface area contributed by atoms with E-state index in [1.165, 1.54) is 0 Å². The molecule has 7 heteroatoms. The number of nitrogens with two attached hydrogens (primary N) is 1. The monoisotopic (exact) mass is 404 g/mol. The molecule has 0 fully saturated rings. The molecule has 0 saturated heterocycles. The Labute approximate surface area is 169 Å². The Morgan fingerprint density at radius 2 is 1.89 bits per heavy atom. The zero-order valence-corrected chi connectivity index (χ0v) is 16.3. The van der Waals surface area contributed by atoms with Crippen LogP contribution in [0.15, 0.2) is 48.5 Å². The van der Waals surface area contributed by atoms with Crippen LogP contribution in [0.2, 0.25) is 5.02 Å². The normalized spacial score (nSPS) is 11.6. The van der Waals surface area contributed by atoms with E-state index in [0.717, 1.165) is 11.1 Å².